The van der Waals surface area contributed by atoms with E-state index in [4.69, 9.17) is 4.42 Å². The van der Waals surface area contributed by atoms with Gasteiger partial charge in [-0.05, 0) is 38.6 Å². The molecule has 0 aliphatic rings. The van der Waals surface area contributed by atoms with Crippen molar-refractivity contribution in [1.82, 2.24) is 5.32 Å². The van der Waals surface area contributed by atoms with Crippen molar-refractivity contribution in [3.63, 3.8) is 0 Å². The van der Waals surface area contributed by atoms with Crippen LogP contribution >= 0.6 is 0 Å². The number of aryl methyl sites for hydroxylation is 1. The Balaban J connectivity index is 2.39. The minimum absolute atomic E-state index is 0.0778. The summed E-state index contributed by atoms with van der Waals surface area (Å²) in [4.78, 5) is 0. The van der Waals surface area contributed by atoms with Crippen molar-refractivity contribution < 1.29 is 4.42 Å². The summed E-state index contributed by atoms with van der Waals surface area (Å²) in [6, 6.07) is 8.47. The van der Waals surface area contributed by atoms with E-state index in [1.54, 1.807) is 0 Å². The Hall–Kier alpha value is -1.28. The van der Waals surface area contributed by atoms with E-state index in [2.05, 4.69) is 50.4 Å². The molecule has 0 unspecified atom stereocenters. The van der Waals surface area contributed by atoms with Gasteiger partial charge in [0, 0.05) is 10.8 Å². The largest absolute Gasteiger partial charge is 0.460 e. The first kappa shape index (κ1) is 12.2. The SMILES string of the molecule is CNCCC(C)(C)c1cc2cccc(C)c2o1. The third-order valence-corrected chi connectivity index (χ3v) is 3.41. The molecule has 2 nitrogen and oxygen atoms in total. The highest BCUT2D eigenvalue weighted by Crippen LogP contribution is 2.32. The van der Waals surface area contributed by atoms with Gasteiger partial charge in [0.2, 0.25) is 0 Å². The van der Waals surface area contributed by atoms with Crippen LogP contribution < -0.4 is 5.32 Å². The Morgan fingerprint density at radius 3 is 2.71 bits per heavy atom. The van der Waals surface area contributed by atoms with Gasteiger partial charge in [-0.25, -0.2) is 0 Å². The van der Waals surface area contributed by atoms with E-state index in [0.717, 1.165) is 24.3 Å². The molecule has 2 aromatic rings. The summed E-state index contributed by atoms with van der Waals surface area (Å²) in [5.41, 5.74) is 2.31. The number of rotatable bonds is 4. The molecular weight excluding hydrogens is 210 g/mol. The van der Waals surface area contributed by atoms with Crippen molar-refractivity contribution >= 4 is 11.0 Å². The van der Waals surface area contributed by atoms with Crippen LogP contribution in [0.2, 0.25) is 0 Å². The molecule has 0 fully saturated rings. The van der Waals surface area contributed by atoms with Crippen LogP contribution in [0.4, 0.5) is 0 Å². The second kappa shape index (κ2) is 4.53. The van der Waals surface area contributed by atoms with Gasteiger partial charge in [-0.2, -0.15) is 0 Å². The number of benzene rings is 1. The summed E-state index contributed by atoms with van der Waals surface area (Å²) in [5.74, 6) is 1.08. The molecular formula is C15H21NO. The molecule has 0 radical (unpaired) electrons. The van der Waals surface area contributed by atoms with Gasteiger partial charge in [-0.1, -0.05) is 32.0 Å². The highest BCUT2D eigenvalue weighted by molar-refractivity contribution is 5.81. The lowest BCUT2D eigenvalue weighted by Gasteiger charge is -2.21. The fourth-order valence-corrected chi connectivity index (χ4v) is 2.10. The minimum Gasteiger partial charge on any atom is -0.460 e. The standard InChI is InChI=1S/C15H21NO/c1-11-6-5-7-12-10-13(17-14(11)12)15(2,3)8-9-16-4/h5-7,10,16H,8-9H2,1-4H3. The first-order valence-electron chi connectivity index (χ1n) is 6.19. The fourth-order valence-electron chi connectivity index (χ4n) is 2.10. The lowest BCUT2D eigenvalue weighted by molar-refractivity contribution is 0.374. The van der Waals surface area contributed by atoms with Crippen LogP contribution in [-0.4, -0.2) is 13.6 Å². The van der Waals surface area contributed by atoms with Crippen molar-refractivity contribution in [2.24, 2.45) is 0 Å². The topological polar surface area (TPSA) is 25.2 Å². The normalized spacial score (nSPS) is 12.2. The summed E-state index contributed by atoms with van der Waals surface area (Å²) < 4.78 is 6.03. The van der Waals surface area contributed by atoms with Gasteiger partial charge in [0.05, 0.1) is 0 Å². The van der Waals surface area contributed by atoms with Crippen molar-refractivity contribution in [2.75, 3.05) is 13.6 Å². The van der Waals surface area contributed by atoms with Crippen LogP contribution in [-0.2, 0) is 5.41 Å². The number of para-hydroxylation sites is 1. The molecule has 0 aliphatic heterocycles. The summed E-state index contributed by atoms with van der Waals surface area (Å²) in [7, 11) is 1.98. The second-order valence-corrected chi connectivity index (χ2v) is 5.34. The molecule has 1 aromatic heterocycles. The zero-order valence-corrected chi connectivity index (χ0v) is 11.1. The molecule has 0 saturated carbocycles. The van der Waals surface area contributed by atoms with Gasteiger partial charge in [0.25, 0.3) is 0 Å². The number of fused-ring (bicyclic) bond motifs is 1. The third kappa shape index (κ3) is 2.37. The molecule has 2 heteroatoms. The van der Waals surface area contributed by atoms with E-state index in [9.17, 15) is 0 Å². The number of nitrogens with one attached hydrogen (secondary N) is 1. The highest BCUT2D eigenvalue weighted by atomic mass is 16.3. The smallest absolute Gasteiger partial charge is 0.137 e. The van der Waals surface area contributed by atoms with Gasteiger partial charge in [0.15, 0.2) is 0 Å². The Morgan fingerprint density at radius 2 is 2.06 bits per heavy atom. The third-order valence-electron chi connectivity index (χ3n) is 3.41. The Morgan fingerprint density at radius 1 is 1.29 bits per heavy atom. The zero-order chi connectivity index (χ0) is 12.5. The number of furan rings is 1. The maximum atomic E-state index is 6.03. The average Bonchev–Trinajstić information content (AvgIpc) is 2.72. The quantitative estimate of drug-likeness (QED) is 0.869. The van der Waals surface area contributed by atoms with Gasteiger partial charge in [-0.3, -0.25) is 0 Å². The lowest BCUT2D eigenvalue weighted by Crippen LogP contribution is -2.22. The van der Waals surface area contributed by atoms with Crippen molar-refractivity contribution in [2.45, 2.75) is 32.6 Å². The molecule has 0 spiro atoms. The van der Waals surface area contributed by atoms with Crippen molar-refractivity contribution in [1.29, 1.82) is 0 Å². The van der Waals surface area contributed by atoms with E-state index < -0.39 is 0 Å². The predicted molar refractivity (Wildman–Crippen MR) is 72.5 cm³/mol. The maximum absolute atomic E-state index is 6.03. The first-order valence-corrected chi connectivity index (χ1v) is 6.19. The Kier molecular flexibility index (Phi) is 3.25. The van der Waals surface area contributed by atoms with E-state index in [1.165, 1.54) is 10.9 Å². The molecule has 1 N–H and O–H groups in total. The number of hydrogen-bond acceptors (Lipinski definition) is 2. The molecule has 0 aliphatic carbocycles. The number of hydrogen-bond donors (Lipinski definition) is 1. The van der Waals surface area contributed by atoms with Crippen LogP contribution in [0.5, 0.6) is 0 Å². The van der Waals surface area contributed by atoms with E-state index in [1.807, 2.05) is 7.05 Å². The van der Waals surface area contributed by atoms with Crippen LogP contribution in [0.15, 0.2) is 28.7 Å². The molecule has 0 amide bonds. The maximum Gasteiger partial charge on any atom is 0.137 e. The molecule has 92 valence electrons. The molecule has 17 heavy (non-hydrogen) atoms. The molecule has 1 aromatic carbocycles. The van der Waals surface area contributed by atoms with E-state index >= 15 is 0 Å². The predicted octanol–water partition coefficient (Wildman–Crippen LogP) is 3.63. The van der Waals surface area contributed by atoms with Gasteiger partial charge < -0.3 is 9.73 Å². The van der Waals surface area contributed by atoms with Gasteiger partial charge in [0.1, 0.15) is 11.3 Å². The van der Waals surface area contributed by atoms with E-state index in [-0.39, 0.29) is 5.41 Å². The summed E-state index contributed by atoms with van der Waals surface area (Å²) in [6.45, 7) is 7.56. The van der Waals surface area contributed by atoms with Gasteiger partial charge in [-0.15, -0.1) is 0 Å². The molecule has 2 rings (SSSR count). The zero-order valence-electron chi connectivity index (χ0n) is 11.1. The first-order chi connectivity index (χ1) is 8.04. The molecule has 0 saturated heterocycles. The van der Waals surface area contributed by atoms with Crippen LogP contribution in [0, 0.1) is 6.92 Å². The van der Waals surface area contributed by atoms with Crippen molar-refractivity contribution in [3.8, 4) is 0 Å². The Labute approximate surface area is 103 Å². The minimum atomic E-state index is 0.0778. The molecule has 0 bridgehead atoms. The lowest BCUT2D eigenvalue weighted by atomic mass is 9.86. The summed E-state index contributed by atoms with van der Waals surface area (Å²) in [5, 5.41) is 4.40. The van der Waals surface area contributed by atoms with Crippen LogP contribution in [0.3, 0.4) is 0 Å². The fraction of sp³-hybridized carbons (Fsp3) is 0.467. The van der Waals surface area contributed by atoms with Gasteiger partial charge >= 0.3 is 0 Å². The summed E-state index contributed by atoms with van der Waals surface area (Å²) >= 11 is 0. The van der Waals surface area contributed by atoms with Crippen LogP contribution in [0.25, 0.3) is 11.0 Å². The molecule has 1 heterocycles. The van der Waals surface area contributed by atoms with Crippen LogP contribution in [0.1, 0.15) is 31.6 Å². The molecule has 0 atom stereocenters. The average molecular weight is 231 g/mol. The van der Waals surface area contributed by atoms with Crippen molar-refractivity contribution in [3.05, 3.63) is 35.6 Å². The second-order valence-electron chi connectivity index (χ2n) is 5.34. The monoisotopic (exact) mass is 231 g/mol. The van der Waals surface area contributed by atoms with E-state index in [0.29, 0.717) is 0 Å². The summed E-state index contributed by atoms with van der Waals surface area (Å²) in [6.07, 6.45) is 1.07. The highest BCUT2D eigenvalue weighted by Gasteiger charge is 2.24. The Bertz CT molecular complexity index is 511.